The van der Waals surface area contributed by atoms with E-state index < -0.39 is 28.5 Å². The lowest BCUT2D eigenvalue weighted by molar-refractivity contribution is -0.140. The molecule has 0 saturated heterocycles. The van der Waals surface area contributed by atoms with E-state index in [1.54, 1.807) is 37.4 Å². The largest absolute Gasteiger partial charge is 0.497 e. The fourth-order valence-electron chi connectivity index (χ4n) is 4.53. The van der Waals surface area contributed by atoms with E-state index in [-0.39, 0.29) is 30.5 Å². The Morgan fingerprint density at radius 3 is 2.21 bits per heavy atom. The summed E-state index contributed by atoms with van der Waals surface area (Å²) in [6.45, 7) is 5.78. The SMILES string of the molecule is COc1cccc(CN(C(=O)CN(c2cc(C)ccc2OC)S(C)(=O)=O)[C@H](Cc2ccccc2)C(=O)NCC(C)C)c1. The Hall–Kier alpha value is -4.05. The maximum absolute atomic E-state index is 14.3. The highest BCUT2D eigenvalue weighted by Gasteiger charge is 2.33. The number of hydrogen-bond acceptors (Lipinski definition) is 6. The predicted molar refractivity (Wildman–Crippen MR) is 165 cm³/mol. The number of amides is 2. The first kappa shape index (κ1) is 32.5. The molecule has 226 valence electrons. The molecular weight excluding hydrogens is 554 g/mol. The number of ether oxygens (including phenoxy) is 2. The van der Waals surface area contributed by atoms with Crippen LogP contribution in [-0.2, 0) is 32.6 Å². The summed E-state index contributed by atoms with van der Waals surface area (Å²) in [5.74, 6) is 0.262. The van der Waals surface area contributed by atoms with Crippen molar-refractivity contribution >= 4 is 27.5 Å². The van der Waals surface area contributed by atoms with Gasteiger partial charge in [-0.1, -0.05) is 62.4 Å². The minimum Gasteiger partial charge on any atom is -0.497 e. The molecule has 1 N–H and O–H groups in total. The maximum atomic E-state index is 14.3. The molecule has 9 nitrogen and oxygen atoms in total. The number of carbonyl (C=O) groups excluding carboxylic acids is 2. The van der Waals surface area contributed by atoms with Crippen molar-refractivity contribution in [1.82, 2.24) is 10.2 Å². The summed E-state index contributed by atoms with van der Waals surface area (Å²) in [7, 11) is -0.921. The van der Waals surface area contributed by atoms with Gasteiger partial charge in [0.05, 0.1) is 26.2 Å². The zero-order valence-electron chi connectivity index (χ0n) is 25.2. The molecule has 0 fully saturated rings. The zero-order valence-corrected chi connectivity index (χ0v) is 26.0. The van der Waals surface area contributed by atoms with Gasteiger partial charge in [-0.2, -0.15) is 0 Å². The molecule has 0 aromatic heterocycles. The second-order valence-electron chi connectivity index (χ2n) is 10.7. The number of rotatable bonds is 14. The molecule has 0 aliphatic rings. The van der Waals surface area contributed by atoms with E-state index in [9.17, 15) is 18.0 Å². The van der Waals surface area contributed by atoms with Gasteiger partial charge in [0, 0.05) is 19.5 Å². The molecule has 42 heavy (non-hydrogen) atoms. The molecule has 3 aromatic carbocycles. The second-order valence-corrected chi connectivity index (χ2v) is 12.6. The summed E-state index contributed by atoms with van der Waals surface area (Å²) in [6, 6.07) is 20.9. The highest BCUT2D eigenvalue weighted by atomic mass is 32.2. The molecule has 3 rings (SSSR count). The van der Waals surface area contributed by atoms with Crippen LogP contribution >= 0.6 is 0 Å². The molecule has 0 unspecified atom stereocenters. The number of methoxy groups -OCH3 is 2. The van der Waals surface area contributed by atoms with Crippen molar-refractivity contribution in [1.29, 1.82) is 0 Å². The number of sulfonamides is 1. The molecule has 0 radical (unpaired) electrons. The van der Waals surface area contributed by atoms with Crippen molar-refractivity contribution < 1.29 is 27.5 Å². The fourth-order valence-corrected chi connectivity index (χ4v) is 5.38. The summed E-state index contributed by atoms with van der Waals surface area (Å²) in [5.41, 5.74) is 2.65. The van der Waals surface area contributed by atoms with Crippen molar-refractivity contribution in [3.63, 3.8) is 0 Å². The summed E-state index contributed by atoms with van der Waals surface area (Å²) in [6.07, 6.45) is 1.29. The van der Waals surface area contributed by atoms with Crippen LogP contribution in [0.1, 0.15) is 30.5 Å². The molecule has 2 amide bonds. The fraction of sp³-hybridized carbons (Fsp3) is 0.375. The third-order valence-corrected chi connectivity index (χ3v) is 7.85. The van der Waals surface area contributed by atoms with Crippen LogP contribution < -0.4 is 19.1 Å². The molecule has 0 aliphatic heterocycles. The average Bonchev–Trinajstić information content (AvgIpc) is 2.96. The molecule has 0 bridgehead atoms. The van der Waals surface area contributed by atoms with Gasteiger partial charge >= 0.3 is 0 Å². The Morgan fingerprint density at radius 2 is 1.60 bits per heavy atom. The van der Waals surface area contributed by atoms with Gasteiger partial charge in [-0.25, -0.2) is 8.42 Å². The minimum atomic E-state index is -3.92. The van der Waals surface area contributed by atoms with Gasteiger partial charge < -0.3 is 19.7 Å². The lowest BCUT2D eigenvalue weighted by atomic mass is 10.0. The molecule has 3 aromatic rings. The van der Waals surface area contributed by atoms with Crippen LogP contribution in [-0.4, -0.2) is 64.7 Å². The molecule has 0 heterocycles. The third-order valence-electron chi connectivity index (χ3n) is 6.72. The van der Waals surface area contributed by atoms with Crippen LogP contribution in [0.3, 0.4) is 0 Å². The Kier molecular flexibility index (Phi) is 11.4. The Morgan fingerprint density at radius 1 is 0.905 bits per heavy atom. The normalized spacial score (nSPS) is 12.0. The Bertz CT molecular complexity index is 1460. The topological polar surface area (TPSA) is 105 Å². The van der Waals surface area contributed by atoms with Crippen molar-refractivity contribution in [3.8, 4) is 11.5 Å². The highest BCUT2D eigenvalue weighted by Crippen LogP contribution is 2.31. The predicted octanol–water partition coefficient (Wildman–Crippen LogP) is 4.19. The van der Waals surface area contributed by atoms with Crippen molar-refractivity contribution in [2.75, 3.05) is 37.9 Å². The second kappa shape index (κ2) is 14.7. The minimum absolute atomic E-state index is 0.0607. The van der Waals surface area contributed by atoms with Gasteiger partial charge in [0.1, 0.15) is 24.1 Å². The molecule has 0 spiro atoms. The number of benzene rings is 3. The number of hydrogen-bond donors (Lipinski definition) is 1. The first-order chi connectivity index (χ1) is 19.9. The smallest absolute Gasteiger partial charge is 0.244 e. The number of nitrogens with one attached hydrogen (secondary N) is 1. The van der Waals surface area contributed by atoms with Crippen LogP contribution in [0.5, 0.6) is 11.5 Å². The van der Waals surface area contributed by atoms with Gasteiger partial charge in [-0.15, -0.1) is 0 Å². The van der Waals surface area contributed by atoms with E-state index in [4.69, 9.17) is 9.47 Å². The van der Waals surface area contributed by atoms with Crippen LogP contribution in [0.15, 0.2) is 72.8 Å². The highest BCUT2D eigenvalue weighted by molar-refractivity contribution is 7.92. The quantitative estimate of drug-likeness (QED) is 0.300. The van der Waals surface area contributed by atoms with Crippen molar-refractivity contribution in [3.05, 3.63) is 89.5 Å². The molecule has 0 aliphatic carbocycles. The average molecular weight is 596 g/mol. The van der Waals surface area contributed by atoms with Gasteiger partial charge in [0.2, 0.25) is 21.8 Å². The van der Waals surface area contributed by atoms with E-state index in [0.29, 0.717) is 18.0 Å². The van der Waals surface area contributed by atoms with Crippen LogP contribution in [0, 0.1) is 12.8 Å². The molecule has 0 saturated carbocycles. The first-order valence-electron chi connectivity index (χ1n) is 13.8. The van der Waals surface area contributed by atoms with Gasteiger partial charge in [0.25, 0.3) is 0 Å². The summed E-state index contributed by atoms with van der Waals surface area (Å²) >= 11 is 0. The van der Waals surface area contributed by atoms with Crippen molar-refractivity contribution in [2.45, 2.75) is 39.8 Å². The molecule has 10 heteroatoms. The van der Waals surface area contributed by atoms with Crippen LogP contribution in [0.2, 0.25) is 0 Å². The monoisotopic (exact) mass is 595 g/mol. The summed E-state index contributed by atoms with van der Waals surface area (Å²) in [4.78, 5) is 29.4. The molecular formula is C32H41N3O6S. The number of nitrogens with zero attached hydrogens (tertiary/aromatic N) is 2. The van der Waals surface area contributed by atoms with Crippen LogP contribution in [0.4, 0.5) is 5.69 Å². The number of anilines is 1. The van der Waals surface area contributed by atoms with Gasteiger partial charge in [-0.3, -0.25) is 13.9 Å². The van der Waals surface area contributed by atoms with E-state index in [1.165, 1.54) is 12.0 Å². The lowest BCUT2D eigenvalue weighted by Crippen LogP contribution is -2.53. The third kappa shape index (κ3) is 8.97. The van der Waals surface area contributed by atoms with Crippen LogP contribution in [0.25, 0.3) is 0 Å². The Balaban J connectivity index is 2.10. The number of carbonyl (C=O) groups is 2. The van der Waals surface area contributed by atoms with E-state index in [2.05, 4.69) is 5.32 Å². The summed E-state index contributed by atoms with van der Waals surface area (Å²) < 4.78 is 38.0. The van der Waals surface area contributed by atoms with Crippen molar-refractivity contribution in [2.24, 2.45) is 5.92 Å². The van der Waals surface area contributed by atoms with E-state index in [1.807, 2.05) is 63.2 Å². The first-order valence-corrected chi connectivity index (χ1v) is 15.6. The van der Waals surface area contributed by atoms with Gasteiger partial charge in [-0.05, 0) is 53.8 Å². The number of aryl methyl sites for hydroxylation is 1. The lowest BCUT2D eigenvalue weighted by Gasteiger charge is -2.34. The summed E-state index contributed by atoms with van der Waals surface area (Å²) in [5, 5.41) is 2.98. The maximum Gasteiger partial charge on any atom is 0.244 e. The zero-order chi connectivity index (χ0) is 30.9. The van der Waals surface area contributed by atoms with E-state index in [0.717, 1.165) is 27.3 Å². The Labute approximate surface area is 249 Å². The van der Waals surface area contributed by atoms with Gasteiger partial charge in [0.15, 0.2) is 0 Å². The standard InChI is InChI=1S/C32H41N3O6S/c1-23(2)20-33-32(37)29(19-25-11-8-7-9-12-25)34(21-26-13-10-14-27(18-26)40-4)31(36)22-35(42(6,38)39)28-17-24(3)15-16-30(28)41-5/h7-18,23,29H,19-22H2,1-6H3,(H,33,37)/t29-/m1/s1. The molecule has 1 atom stereocenters. The van der Waals surface area contributed by atoms with E-state index >= 15 is 0 Å².